The summed E-state index contributed by atoms with van der Waals surface area (Å²) in [7, 11) is -3.14. The molecule has 1 atom stereocenters. The average Bonchev–Trinajstić information content (AvgIpc) is 2.82. The quantitative estimate of drug-likeness (QED) is 0.617. The minimum absolute atomic E-state index is 0.0303. The van der Waals surface area contributed by atoms with E-state index in [1.165, 1.54) is 17.0 Å². The van der Waals surface area contributed by atoms with E-state index in [0.717, 1.165) is 0 Å². The molecule has 1 unspecified atom stereocenters. The molecular weight excluding hydrogens is 308 g/mol. The Balaban J connectivity index is 2.08. The van der Waals surface area contributed by atoms with E-state index in [2.05, 4.69) is 5.32 Å². The number of aromatic hydroxyl groups is 1. The summed E-state index contributed by atoms with van der Waals surface area (Å²) < 4.78 is 23.0. The molecule has 2 amide bonds. The fraction of sp³-hybridized carbons (Fsp3) is 0.429. The van der Waals surface area contributed by atoms with Crippen LogP contribution in [0.5, 0.6) is 5.75 Å². The first-order valence-corrected chi connectivity index (χ1v) is 8.76. The zero-order valence-corrected chi connectivity index (χ0v) is 13.0. The van der Waals surface area contributed by atoms with Gasteiger partial charge in [-0.3, -0.25) is 9.59 Å². The van der Waals surface area contributed by atoms with Crippen LogP contribution in [-0.4, -0.2) is 54.3 Å². The summed E-state index contributed by atoms with van der Waals surface area (Å²) in [5.74, 6) is -1.92. The van der Waals surface area contributed by atoms with Crippen LogP contribution in [0.25, 0.3) is 0 Å². The van der Waals surface area contributed by atoms with Gasteiger partial charge >= 0.3 is 11.8 Å². The second-order valence-corrected chi connectivity index (χ2v) is 7.35. The minimum Gasteiger partial charge on any atom is -0.506 e. The average molecular weight is 326 g/mol. The first-order chi connectivity index (χ1) is 10.3. The van der Waals surface area contributed by atoms with E-state index in [9.17, 15) is 23.1 Å². The Labute approximate surface area is 128 Å². The van der Waals surface area contributed by atoms with Gasteiger partial charge in [-0.1, -0.05) is 12.1 Å². The van der Waals surface area contributed by atoms with Crippen molar-refractivity contribution in [2.75, 3.05) is 23.4 Å². The highest BCUT2D eigenvalue weighted by Crippen LogP contribution is 2.22. The van der Waals surface area contributed by atoms with Crippen molar-refractivity contribution in [2.24, 2.45) is 0 Å². The molecule has 0 aliphatic carbocycles. The van der Waals surface area contributed by atoms with Crippen molar-refractivity contribution in [2.45, 2.75) is 19.4 Å². The maximum Gasteiger partial charge on any atom is 0.314 e. The molecule has 0 saturated carbocycles. The molecule has 7 nitrogen and oxygen atoms in total. The van der Waals surface area contributed by atoms with Crippen LogP contribution in [0.15, 0.2) is 24.3 Å². The van der Waals surface area contributed by atoms with Crippen LogP contribution in [0.2, 0.25) is 0 Å². The van der Waals surface area contributed by atoms with Gasteiger partial charge in [0.15, 0.2) is 9.84 Å². The van der Waals surface area contributed by atoms with E-state index in [4.69, 9.17) is 0 Å². The number of phenolic OH excluding ortho intramolecular Hbond substituents is 1. The van der Waals surface area contributed by atoms with Gasteiger partial charge in [0, 0.05) is 12.6 Å². The highest BCUT2D eigenvalue weighted by molar-refractivity contribution is 7.91. The van der Waals surface area contributed by atoms with E-state index in [-0.39, 0.29) is 29.5 Å². The maximum atomic E-state index is 12.2. The van der Waals surface area contributed by atoms with Crippen molar-refractivity contribution >= 4 is 27.3 Å². The van der Waals surface area contributed by atoms with Crippen LogP contribution >= 0.6 is 0 Å². The van der Waals surface area contributed by atoms with Crippen LogP contribution in [0.4, 0.5) is 5.69 Å². The lowest BCUT2D eigenvalue weighted by Gasteiger charge is -2.26. The van der Waals surface area contributed by atoms with Gasteiger partial charge in [-0.15, -0.1) is 0 Å². The van der Waals surface area contributed by atoms with Crippen LogP contribution in [0.3, 0.4) is 0 Å². The molecule has 1 heterocycles. The molecule has 1 fully saturated rings. The number of phenols is 1. The Hall–Kier alpha value is -2.09. The number of carbonyl (C=O) groups is 2. The number of nitrogens with zero attached hydrogens (tertiary/aromatic N) is 1. The highest BCUT2D eigenvalue weighted by atomic mass is 32.2. The predicted octanol–water partition coefficient (Wildman–Crippen LogP) is 0.366. The number of amides is 2. The molecule has 1 aliphatic heterocycles. The number of para-hydroxylation sites is 2. The van der Waals surface area contributed by atoms with Gasteiger partial charge in [-0.25, -0.2) is 8.42 Å². The Morgan fingerprint density at radius 1 is 1.36 bits per heavy atom. The molecule has 1 aromatic rings. The van der Waals surface area contributed by atoms with Crippen molar-refractivity contribution < 1.29 is 23.1 Å². The third kappa shape index (κ3) is 3.56. The molecule has 8 heteroatoms. The predicted molar refractivity (Wildman–Crippen MR) is 81.2 cm³/mol. The van der Waals surface area contributed by atoms with Crippen LogP contribution < -0.4 is 5.32 Å². The lowest BCUT2D eigenvalue weighted by Crippen LogP contribution is -2.46. The molecule has 0 radical (unpaired) electrons. The summed E-state index contributed by atoms with van der Waals surface area (Å²) in [4.78, 5) is 25.5. The van der Waals surface area contributed by atoms with E-state index in [1.54, 1.807) is 19.1 Å². The molecule has 0 bridgehead atoms. The smallest absolute Gasteiger partial charge is 0.314 e. The summed E-state index contributed by atoms with van der Waals surface area (Å²) in [6.07, 6.45) is 0.339. The molecule has 1 saturated heterocycles. The number of benzene rings is 1. The van der Waals surface area contributed by atoms with Gasteiger partial charge in [0.25, 0.3) is 0 Å². The van der Waals surface area contributed by atoms with Gasteiger partial charge in [-0.2, -0.15) is 0 Å². The normalized spacial score (nSPS) is 19.6. The molecular formula is C14H18N2O5S. The summed E-state index contributed by atoms with van der Waals surface area (Å²) in [6, 6.07) is 5.59. The Bertz CT molecular complexity index is 686. The van der Waals surface area contributed by atoms with E-state index in [1.807, 2.05) is 0 Å². The number of nitrogens with one attached hydrogen (secondary N) is 1. The fourth-order valence-corrected chi connectivity index (χ4v) is 4.21. The molecule has 1 aromatic carbocycles. The number of rotatable bonds is 3. The number of anilines is 1. The van der Waals surface area contributed by atoms with E-state index < -0.39 is 27.7 Å². The largest absolute Gasteiger partial charge is 0.506 e. The molecule has 2 rings (SSSR count). The maximum absolute atomic E-state index is 12.2. The Morgan fingerprint density at radius 3 is 2.59 bits per heavy atom. The van der Waals surface area contributed by atoms with Gasteiger partial charge < -0.3 is 15.3 Å². The van der Waals surface area contributed by atoms with Crippen LogP contribution in [0.1, 0.15) is 13.3 Å². The zero-order valence-electron chi connectivity index (χ0n) is 12.2. The third-order valence-electron chi connectivity index (χ3n) is 3.60. The second-order valence-electron chi connectivity index (χ2n) is 5.12. The van der Waals surface area contributed by atoms with Crippen molar-refractivity contribution in [1.29, 1.82) is 0 Å². The molecule has 120 valence electrons. The number of likely N-dealkylation sites (N-methyl/N-ethyl adjacent to an activating group) is 1. The van der Waals surface area contributed by atoms with Gasteiger partial charge in [0.05, 0.1) is 17.2 Å². The summed E-state index contributed by atoms with van der Waals surface area (Å²) >= 11 is 0. The number of hydrogen-bond donors (Lipinski definition) is 2. The van der Waals surface area contributed by atoms with Crippen molar-refractivity contribution in [3.05, 3.63) is 24.3 Å². The Morgan fingerprint density at radius 2 is 2.05 bits per heavy atom. The topological polar surface area (TPSA) is 104 Å². The number of hydrogen-bond acceptors (Lipinski definition) is 5. The molecule has 0 aromatic heterocycles. The third-order valence-corrected chi connectivity index (χ3v) is 5.35. The van der Waals surface area contributed by atoms with Crippen molar-refractivity contribution in [3.8, 4) is 5.75 Å². The highest BCUT2D eigenvalue weighted by Gasteiger charge is 2.36. The van der Waals surface area contributed by atoms with E-state index >= 15 is 0 Å². The van der Waals surface area contributed by atoms with Crippen LogP contribution in [0, 0.1) is 0 Å². The van der Waals surface area contributed by atoms with Crippen molar-refractivity contribution in [1.82, 2.24) is 4.90 Å². The molecule has 0 spiro atoms. The number of sulfone groups is 1. The van der Waals surface area contributed by atoms with Crippen molar-refractivity contribution in [3.63, 3.8) is 0 Å². The lowest BCUT2D eigenvalue weighted by atomic mass is 10.2. The van der Waals surface area contributed by atoms with Gasteiger partial charge in [0.1, 0.15) is 5.75 Å². The van der Waals surface area contributed by atoms with Crippen LogP contribution in [-0.2, 0) is 19.4 Å². The Kier molecular flexibility index (Phi) is 4.70. The first-order valence-electron chi connectivity index (χ1n) is 6.94. The lowest BCUT2D eigenvalue weighted by molar-refractivity contribution is -0.144. The second kappa shape index (κ2) is 6.35. The fourth-order valence-electron chi connectivity index (χ4n) is 2.47. The SMILES string of the molecule is CCN(C(=O)C(=O)Nc1ccccc1O)C1CCS(=O)(=O)C1. The molecule has 1 aliphatic rings. The van der Waals surface area contributed by atoms with Gasteiger partial charge in [0.2, 0.25) is 0 Å². The standard InChI is InChI=1S/C14H18N2O5S/c1-2-16(10-7-8-22(20,21)9-10)14(19)13(18)15-11-5-3-4-6-12(11)17/h3-6,10,17H,2,7-9H2,1H3,(H,15,18). The summed E-state index contributed by atoms with van der Waals surface area (Å²) in [5.41, 5.74) is 0.135. The number of carbonyl (C=O) groups excluding carboxylic acids is 2. The first kappa shape index (κ1) is 16.3. The summed E-state index contributed by atoms with van der Waals surface area (Å²) in [6.45, 7) is 1.93. The zero-order chi connectivity index (χ0) is 16.3. The summed E-state index contributed by atoms with van der Waals surface area (Å²) in [5, 5.41) is 11.9. The van der Waals surface area contributed by atoms with Gasteiger partial charge in [-0.05, 0) is 25.5 Å². The minimum atomic E-state index is -3.14. The molecule has 22 heavy (non-hydrogen) atoms. The molecule has 2 N–H and O–H groups in total. The van der Waals surface area contributed by atoms with E-state index in [0.29, 0.717) is 6.42 Å². The monoisotopic (exact) mass is 326 g/mol.